The van der Waals surface area contributed by atoms with Crippen molar-refractivity contribution in [2.75, 3.05) is 27.2 Å². The number of hydrogen-bond acceptors (Lipinski definition) is 3. The fraction of sp³-hybridized carbons (Fsp3) is 0.963. The maximum absolute atomic E-state index is 11.0. The van der Waals surface area contributed by atoms with E-state index in [4.69, 9.17) is 0 Å². The van der Waals surface area contributed by atoms with Gasteiger partial charge in [0.15, 0.2) is 0 Å². The minimum absolute atomic E-state index is 0.0475. The van der Waals surface area contributed by atoms with Crippen LogP contribution in [-0.4, -0.2) is 48.3 Å². The summed E-state index contributed by atoms with van der Waals surface area (Å²) in [5.74, 6) is -1.01. The van der Waals surface area contributed by atoms with E-state index in [9.17, 15) is 15.0 Å². The second kappa shape index (κ2) is 18.9. The van der Waals surface area contributed by atoms with Gasteiger partial charge in [-0.25, -0.2) is 0 Å². The summed E-state index contributed by atoms with van der Waals surface area (Å²) in [7, 11) is 3.99. The molecular weight excluding hydrogens is 386 g/mol. The fourth-order valence-corrected chi connectivity index (χ4v) is 4.64. The summed E-state index contributed by atoms with van der Waals surface area (Å²) in [6.45, 7) is 5.42. The van der Waals surface area contributed by atoms with Crippen molar-refractivity contribution in [3.05, 3.63) is 0 Å². The zero-order valence-corrected chi connectivity index (χ0v) is 21.6. The molecule has 0 heterocycles. The molecule has 0 fully saturated rings. The Bertz CT molecular complexity index is 425. The molecule has 0 aromatic rings. The number of likely N-dealkylation sites (N-methyl/N-ethyl adjacent to an activating group) is 1. The average molecular weight is 442 g/mol. The van der Waals surface area contributed by atoms with Crippen LogP contribution in [-0.2, 0) is 4.79 Å². The zero-order chi connectivity index (χ0) is 23.4. The first-order chi connectivity index (χ1) is 14.7. The minimum Gasteiger partial charge on any atom is -0.550 e. The van der Waals surface area contributed by atoms with E-state index in [0.717, 1.165) is 19.3 Å². The number of aliphatic hydroxyl groups is 1. The Morgan fingerprint density at radius 3 is 1.48 bits per heavy atom. The van der Waals surface area contributed by atoms with E-state index in [0.29, 0.717) is 17.6 Å². The van der Waals surface area contributed by atoms with E-state index in [1.165, 1.54) is 96.3 Å². The van der Waals surface area contributed by atoms with Crippen molar-refractivity contribution >= 4 is 5.97 Å². The van der Waals surface area contributed by atoms with Crippen LogP contribution in [0.15, 0.2) is 0 Å². The normalized spacial score (nSPS) is 14.0. The van der Waals surface area contributed by atoms with Gasteiger partial charge in [-0.15, -0.1) is 0 Å². The van der Waals surface area contributed by atoms with Crippen LogP contribution in [0.4, 0.5) is 0 Å². The second-order valence-corrected chi connectivity index (χ2v) is 10.6. The molecule has 1 N–H and O–H groups in total. The summed E-state index contributed by atoms with van der Waals surface area (Å²) < 4.78 is 0.525. The van der Waals surface area contributed by atoms with Gasteiger partial charge in [0.1, 0.15) is 12.1 Å². The van der Waals surface area contributed by atoms with Gasteiger partial charge in [0.2, 0.25) is 0 Å². The summed E-state index contributed by atoms with van der Waals surface area (Å²) in [5.41, 5.74) is -0.689. The molecule has 0 aliphatic carbocycles. The van der Waals surface area contributed by atoms with Gasteiger partial charge >= 0.3 is 0 Å². The number of aliphatic carboxylic acids is 1. The molecule has 31 heavy (non-hydrogen) atoms. The monoisotopic (exact) mass is 441 g/mol. The SMILES string of the molecule is CCCCCCCCCCCCCCCCCCC(O)(CC)C[N+](C)(C)CCC(=O)[O-]. The number of carboxylic acid groups (broad SMARTS) is 1. The summed E-state index contributed by atoms with van der Waals surface area (Å²) in [6.07, 6.45) is 23.2. The maximum Gasteiger partial charge on any atom is 0.113 e. The predicted octanol–water partition coefficient (Wildman–Crippen LogP) is 6.00. The van der Waals surface area contributed by atoms with E-state index >= 15 is 0 Å². The topological polar surface area (TPSA) is 60.4 Å². The number of nitrogens with zero attached hydrogens (tertiary/aromatic N) is 1. The highest BCUT2D eigenvalue weighted by atomic mass is 16.4. The molecule has 1 atom stereocenters. The van der Waals surface area contributed by atoms with Crippen molar-refractivity contribution in [2.45, 2.75) is 141 Å². The smallest absolute Gasteiger partial charge is 0.113 e. The standard InChI is InChI=1S/C27H55NO3/c1-5-7-8-9-10-11-12-13-14-15-16-17-18-19-20-21-23-27(31,6-2)25-28(3,4)24-22-26(29)30/h31H,5-25H2,1-4H3. The second-order valence-electron chi connectivity index (χ2n) is 10.6. The third kappa shape index (κ3) is 19.8. The van der Waals surface area contributed by atoms with Crippen LogP contribution in [0.5, 0.6) is 0 Å². The summed E-state index contributed by atoms with van der Waals surface area (Å²) in [6, 6.07) is 0. The van der Waals surface area contributed by atoms with Crippen LogP contribution >= 0.6 is 0 Å². The van der Waals surface area contributed by atoms with Gasteiger partial charge in [-0.05, 0) is 12.8 Å². The molecular formula is C27H55NO3. The molecule has 0 rings (SSSR count). The number of carbonyl (C=O) groups is 1. The van der Waals surface area contributed by atoms with E-state index in [2.05, 4.69) is 6.92 Å². The molecule has 0 saturated heterocycles. The highest BCUT2D eigenvalue weighted by Crippen LogP contribution is 2.23. The average Bonchev–Trinajstić information content (AvgIpc) is 2.72. The molecule has 186 valence electrons. The van der Waals surface area contributed by atoms with Crippen LogP contribution < -0.4 is 5.11 Å². The van der Waals surface area contributed by atoms with E-state index in [1.54, 1.807) is 0 Å². The first kappa shape index (κ1) is 30.4. The first-order valence-electron chi connectivity index (χ1n) is 13.5. The molecule has 1 unspecified atom stereocenters. The van der Waals surface area contributed by atoms with Crippen molar-refractivity contribution in [1.29, 1.82) is 0 Å². The van der Waals surface area contributed by atoms with E-state index < -0.39 is 11.6 Å². The van der Waals surface area contributed by atoms with Gasteiger partial charge in [-0.2, -0.15) is 0 Å². The molecule has 4 nitrogen and oxygen atoms in total. The molecule has 0 aromatic carbocycles. The Kier molecular flexibility index (Phi) is 18.5. The third-order valence-electron chi connectivity index (χ3n) is 6.80. The Hall–Kier alpha value is -0.610. The van der Waals surface area contributed by atoms with Crippen LogP contribution in [0.2, 0.25) is 0 Å². The third-order valence-corrected chi connectivity index (χ3v) is 6.80. The van der Waals surface area contributed by atoms with Gasteiger partial charge < -0.3 is 19.5 Å². The number of carboxylic acids is 1. The number of quaternary nitrogens is 1. The van der Waals surface area contributed by atoms with Crippen molar-refractivity contribution in [3.8, 4) is 0 Å². The minimum atomic E-state index is -1.01. The molecule has 4 heteroatoms. The van der Waals surface area contributed by atoms with Crippen LogP contribution in [0.1, 0.15) is 136 Å². The Morgan fingerprint density at radius 1 is 0.742 bits per heavy atom. The summed E-state index contributed by atoms with van der Waals surface area (Å²) in [4.78, 5) is 10.7. The molecule has 0 bridgehead atoms. The first-order valence-corrected chi connectivity index (χ1v) is 13.5. The number of carbonyl (C=O) groups excluding carboxylic acids is 1. The van der Waals surface area contributed by atoms with Gasteiger partial charge in [-0.1, -0.05) is 117 Å². The lowest BCUT2D eigenvalue weighted by Crippen LogP contribution is -2.52. The highest BCUT2D eigenvalue weighted by Gasteiger charge is 2.32. The Balaban J connectivity index is 3.62. The Labute approximate surface area is 194 Å². The molecule has 0 aliphatic heterocycles. The lowest BCUT2D eigenvalue weighted by molar-refractivity contribution is -0.896. The molecule has 0 saturated carbocycles. The van der Waals surface area contributed by atoms with E-state index in [1.807, 2.05) is 21.0 Å². The van der Waals surface area contributed by atoms with Crippen molar-refractivity contribution in [3.63, 3.8) is 0 Å². The van der Waals surface area contributed by atoms with Crippen LogP contribution in [0.3, 0.4) is 0 Å². The lowest BCUT2D eigenvalue weighted by Gasteiger charge is -2.38. The number of unbranched alkanes of at least 4 members (excludes halogenated alkanes) is 15. The van der Waals surface area contributed by atoms with Gasteiger partial charge in [-0.3, -0.25) is 0 Å². The summed E-state index contributed by atoms with van der Waals surface area (Å²) in [5, 5.41) is 21.7. The molecule has 0 amide bonds. The van der Waals surface area contributed by atoms with Gasteiger partial charge in [0.05, 0.1) is 20.6 Å². The lowest BCUT2D eigenvalue weighted by atomic mass is 9.91. The predicted molar refractivity (Wildman–Crippen MR) is 131 cm³/mol. The Morgan fingerprint density at radius 2 is 1.13 bits per heavy atom. The van der Waals surface area contributed by atoms with Crippen molar-refractivity contribution < 1.29 is 19.5 Å². The van der Waals surface area contributed by atoms with Crippen LogP contribution in [0, 0.1) is 0 Å². The van der Waals surface area contributed by atoms with Crippen molar-refractivity contribution in [2.24, 2.45) is 0 Å². The maximum atomic E-state index is 11.0. The zero-order valence-electron chi connectivity index (χ0n) is 21.6. The van der Waals surface area contributed by atoms with Gasteiger partial charge in [0.25, 0.3) is 0 Å². The molecule has 0 spiro atoms. The number of hydrogen-bond donors (Lipinski definition) is 1. The molecule has 0 radical (unpaired) electrons. The highest BCUT2D eigenvalue weighted by molar-refractivity contribution is 5.64. The van der Waals surface area contributed by atoms with Crippen molar-refractivity contribution in [1.82, 2.24) is 0 Å². The quantitative estimate of drug-likeness (QED) is 0.156. The largest absolute Gasteiger partial charge is 0.550 e. The van der Waals surface area contributed by atoms with Crippen LogP contribution in [0.25, 0.3) is 0 Å². The number of rotatable bonds is 23. The van der Waals surface area contributed by atoms with Gasteiger partial charge in [0, 0.05) is 12.4 Å². The molecule has 0 aliphatic rings. The van der Waals surface area contributed by atoms with E-state index in [-0.39, 0.29) is 6.42 Å². The molecule has 0 aromatic heterocycles. The summed E-state index contributed by atoms with van der Waals surface area (Å²) >= 11 is 0. The fourth-order valence-electron chi connectivity index (χ4n) is 4.64.